The van der Waals surface area contributed by atoms with Crippen LogP contribution in [0.3, 0.4) is 0 Å². The number of rotatable bonds is 8. The Bertz CT molecular complexity index is 985. The van der Waals surface area contributed by atoms with Crippen molar-refractivity contribution < 1.29 is 18.6 Å². The number of ether oxygens (including phenoxy) is 3. The lowest BCUT2D eigenvalue weighted by Crippen LogP contribution is -1.98. The predicted octanol–water partition coefficient (Wildman–Crippen LogP) is 6.64. The number of halogens is 1. The molecule has 0 spiro atoms. The minimum absolute atomic E-state index is 0.227. The lowest BCUT2D eigenvalue weighted by atomic mass is 9.92. The summed E-state index contributed by atoms with van der Waals surface area (Å²) in [6.45, 7) is 4.26. The van der Waals surface area contributed by atoms with Crippen LogP contribution in [0.2, 0.25) is 0 Å². The van der Waals surface area contributed by atoms with Gasteiger partial charge < -0.3 is 14.2 Å². The van der Waals surface area contributed by atoms with Crippen molar-refractivity contribution in [1.29, 1.82) is 0 Å². The molecule has 0 saturated heterocycles. The topological polar surface area (TPSA) is 27.7 Å². The lowest BCUT2D eigenvalue weighted by Gasteiger charge is -2.14. The monoisotopic (exact) mass is 390 g/mol. The van der Waals surface area contributed by atoms with Gasteiger partial charge in [0.25, 0.3) is 0 Å². The molecule has 3 aromatic rings. The van der Waals surface area contributed by atoms with Crippen LogP contribution in [0.15, 0.2) is 79.4 Å². The van der Waals surface area contributed by atoms with E-state index in [4.69, 9.17) is 14.2 Å². The van der Waals surface area contributed by atoms with E-state index in [1.807, 2.05) is 54.6 Å². The van der Waals surface area contributed by atoms with Gasteiger partial charge in [0.05, 0.1) is 0 Å². The number of benzene rings is 3. The summed E-state index contributed by atoms with van der Waals surface area (Å²) in [5.74, 6) is 2.32. The van der Waals surface area contributed by atoms with Crippen LogP contribution >= 0.6 is 0 Å². The molecule has 1 heterocycles. The highest BCUT2D eigenvalue weighted by atomic mass is 19.1. The fraction of sp³-hybridized carbons (Fsp3) is 0.200. The first-order chi connectivity index (χ1) is 14.2. The van der Waals surface area contributed by atoms with E-state index in [0.717, 1.165) is 41.9 Å². The fourth-order valence-electron chi connectivity index (χ4n) is 3.49. The van der Waals surface area contributed by atoms with Gasteiger partial charge in [0.2, 0.25) is 6.79 Å². The van der Waals surface area contributed by atoms with Crippen LogP contribution in [0.1, 0.15) is 29.9 Å². The van der Waals surface area contributed by atoms with Crippen molar-refractivity contribution >= 4 is 0 Å². The van der Waals surface area contributed by atoms with Crippen LogP contribution in [-0.2, 0) is 6.42 Å². The summed E-state index contributed by atoms with van der Waals surface area (Å²) in [5, 5.41) is 0. The molecule has 4 rings (SSSR count). The zero-order chi connectivity index (χ0) is 20.1. The van der Waals surface area contributed by atoms with E-state index in [-0.39, 0.29) is 24.3 Å². The van der Waals surface area contributed by atoms with Crippen LogP contribution in [0.25, 0.3) is 0 Å². The Morgan fingerprint density at radius 2 is 1.83 bits per heavy atom. The molecule has 29 heavy (non-hydrogen) atoms. The Labute approximate surface area is 170 Å². The molecule has 1 aliphatic heterocycles. The molecule has 3 nitrogen and oxygen atoms in total. The fourth-order valence-corrected chi connectivity index (χ4v) is 3.49. The standard InChI is InChI=1S/C25H23FO3/c1-2-19(20-12-14-23-25(16-20)28-17-27-23)8-6-7-18-11-13-22(26)24(15-18)29-21-9-4-3-5-10-21/h2-5,9-16,19H,1,6-8,17H2. The highest BCUT2D eigenvalue weighted by molar-refractivity contribution is 5.46. The molecule has 1 unspecified atom stereocenters. The molecule has 0 radical (unpaired) electrons. The van der Waals surface area contributed by atoms with Gasteiger partial charge in [0.1, 0.15) is 5.75 Å². The summed E-state index contributed by atoms with van der Waals surface area (Å²) in [6, 6.07) is 20.3. The van der Waals surface area contributed by atoms with Crippen LogP contribution in [0.5, 0.6) is 23.0 Å². The zero-order valence-electron chi connectivity index (χ0n) is 16.1. The minimum Gasteiger partial charge on any atom is -0.454 e. The predicted molar refractivity (Wildman–Crippen MR) is 111 cm³/mol. The van der Waals surface area contributed by atoms with Crippen molar-refractivity contribution in [3.05, 3.63) is 96.3 Å². The average molecular weight is 390 g/mol. The number of hydrogen-bond acceptors (Lipinski definition) is 3. The Kier molecular flexibility index (Phi) is 5.80. The van der Waals surface area contributed by atoms with E-state index >= 15 is 0 Å². The molecule has 0 bridgehead atoms. The van der Waals surface area contributed by atoms with E-state index in [1.54, 1.807) is 6.07 Å². The SMILES string of the molecule is C=CC(CCCc1ccc(F)c(Oc2ccccc2)c1)c1ccc2c(c1)OCO2. The summed E-state index contributed by atoms with van der Waals surface area (Å²) in [6.07, 6.45) is 4.68. The number of hydrogen-bond donors (Lipinski definition) is 0. The van der Waals surface area contributed by atoms with Gasteiger partial charge in [-0.25, -0.2) is 4.39 Å². The maximum atomic E-state index is 14.1. The summed E-state index contributed by atoms with van der Waals surface area (Å²) >= 11 is 0. The second-order valence-electron chi connectivity index (χ2n) is 7.03. The summed E-state index contributed by atoms with van der Waals surface area (Å²) in [5.41, 5.74) is 2.21. The molecule has 1 aliphatic rings. The highest BCUT2D eigenvalue weighted by Crippen LogP contribution is 2.36. The van der Waals surface area contributed by atoms with E-state index in [2.05, 4.69) is 12.6 Å². The molecule has 1 atom stereocenters. The van der Waals surface area contributed by atoms with E-state index in [1.165, 1.54) is 6.07 Å². The molecule has 0 N–H and O–H groups in total. The third-order valence-electron chi connectivity index (χ3n) is 5.06. The Morgan fingerprint density at radius 1 is 1.00 bits per heavy atom. The molecule has 148 valence electrons. The normalized spacial score (nSPS) is 13.1. The first-order valence-electron chi connectivity index (χ1n) is 9.76. The third kappa shape index (κ3) is 4.60. The molecular weight excluding hydrogens is 367 g/mol. The zero-order valence-corrected chi connectivity index (χ0v) is 16.1. The summed E-state index contributed by atoms with van der Waals surface area (Å²) < 4.78 is 30.7. The van der Waals surface area contributed by atoms with Crippen molar-refractivity contribution in [2.24, 2.45) is 0 Å². The maximum Gasteiger partial charge on any atom is 0.231 e. The molecule has 4 heteroatoms. The van der Waals surface area contributed by atoms with Gasteiger partial charge in [-0.3, -0.25) is 0 Å². The van der Waals surface area contributed by atoms with Crippen molar-refractivity contribution in [3.8, 4) is 23.0 Å². The molecule has 0 aromatic heterocycles. The first-order valence-corrected chi connectivity index (χ1v) is 9.76. The smallest absolute Gasteiger partial charge is 0.231 e. The van der Waals surface area contributed by atoms with Gasteiger partial charge in [-0.1, -0.05) is 36.4 Å². The van der Waals surface area contributed by atoms with Gasteiger partial charge >= 0.3 is 0 Å². The average Bonchev–Trinajstić information content (AvgIpc) is 3.22. The van der Waals surface area contributed by atoms with Gasteiger partial charge in [-0.2, -0.15) is 0 Å². The van der Waals surface area contributed by atoms with Crippen molar-refractivity contribution in [3.63, 3.8) is 0 Å². The second-order valence-corrected chi connectivity index (χ2v) is 7.03. The molecule has 3 aromatic carbocycles. The first kappa shape index (κ1) is 19.1. The molecular formula is C25H23FO3. The van der Waals surface area contributed by atoms with Gasteiger partial charge in [-0.15, -0.1) is 6.58 Å². The van der Waals surface area contributed by atoms with Gasteiger partial charge in [0, 0.05) is 5.92 Å². The van der Waals surface area contributed by atoms with Crippen molar-refractivity contribution in [1.82, 2.24) is 0 Å². The van der Waals surface area contributed by atoms with Crippen LogP contribution in [0.4, 0.5) is 4.39 Å². The van der Waals surface area contributed by atoms with E-state index < -0.39 is 0 Å². The molecule has 0 aliphatic carbocycles. The second kappa shape index (κ2) is 8.82. The third-order valence-corrected chi connectivity index (χ3v) is 5.06. The molecule has 0 amide bonds. The molecule has 0 saturated carbocycles. The number of aryl methyl sites for hydroxylation is 1. The quantitative estimate of drug-likeness (QED) is 0.404. The van der Waals surface area contributed by atoms with E-state index in [0.29, 0.717) is 5.75 Å². The number of allylic oxidation sites excluding steroid dienone is 1. The summed E-state index contributed by atoms with van der Waals surface area (Å²) in [4.78, 5) is 0. The largest absolute Gasteiger partial charge is 0.454 e. The Hall–Kier alpha value is -3.27. The highest BCUT2D eigenvalue weighted by Gasteiger charge is 2.16. The van der Waals surface area contributed by atoms with Crippen LogP contribution < -0.4 is 14.2 Å². The maximum absolute atomic E-state index is 14.1. The van der Waals surface area contributed by atoms with Crippen LogP contribution in [-0.4, -0.2) is 6.79 Å². The van der Waals surface area contributed by atoms with E-state index in [9.17, 15) is 4.39 Å². The van der Waals surface area contributed by atoms with Gasteiger partial charge in [-0.05, 0) is 66.8 Å². The van der Waals surface area contributed by atoms with Gasteiger partial charge in [0.15, 0.2) is 23.1 Å². The number of para-hydroxylation sites is 1. The summed E-state index contributed by atoms with van der Waals surface area (Å²) in [7, 11) is 0. The van der Waals surface area contributed by atoms with Crippen LogP contribution in [0, 0.1) is 5.82 Å². The Morgan fingerprint density at radius 3 is 2.66 bits per heavy atom. The Balaban J connectivity index is 1.38. The van der Waals surface area contributed by atoms with Crippen molar-refractivity contribution in [2.75, 3.05) is 6.79 Å². The lowest BCUT2D eigenvalue weighted by molar-refractivity contribution is 0.174. The number of fused-ring (bicyclic) bond motifs is 1. The minimum atomic E-state index is -0.359. The van der Waals surface area contributed by atoms with Crippen molar-refractivity contribution in [2.45, 2.75) is 25.2 Å². The molecule has 0 fully saturated rings.